The summed E-state index contributed by atoms with van der Waals surface area (Å²) < 4.78 is 28.9. The molecule has 0 radical (unpaired) electrons. The lowest BCUT2D eigenvalue weighted by atomic mass is 10.1. The normalized spacial score (nSPS) is 23.6. The van der Waals surface area contributed by atoms with Crippen molar-refractivity contribution in [3.8, 4) is 5.75 Å². The number of hydrogen-bond acceptors (Lipinski definition) is 4. The number of rotatable bonds is 4. The quantitative estimate of drug-likeness (QED) is 0.786. The molecule has 6 nitrogen and oxygen atoms in total. The zero-order chi connectivity index (χ0) is 18.0. The third-order valence-electron chi connectivity index (χ3n) is 5.41. The monoisotopic (exact) mass is 367 g/mol. The second-order valence-corrected chi connectivity index (χ2v) is 9.40. The summed E-state index contributed by atoms with van der Waals surface area (Å²) in [7, 11) is -2.84. The van der Waals surface area contributed by atoms with Crippen LogP contribution in [0.5, 0.6) is 5.75 Å². The fraction of sp³-hybridized carbons (Fsp3) is 0.611. The van der Waals surface area contributed by atoms with Crippen molar-refractivity contribution in [2.75, 3.05) is 44.3 Å². The number of hydrogen-bond donors (Lipinski definition) is 1. The number of amides is 1. The minimum Gasteiger partial charge on any atom is -0.484 e. The Morgan fingerprint density at radius 3 is 2.56 bits per heavy atom. The number of aryl methyl sites for hydroxylation is 2. The maximum Gasteiger partial charge on any atom is 0.260 e. The van der Waals surface area contributed by atoms with Crippen molar-refractivity contribution >= 4 is 15.7 Å². The Morgan fingerprint density at radius 2 is 1.96 bits per heavy atom. The number of benzene rings is 1. The highest BCUT2D eigenvalue weighted by molar-refractivity contribution is 7.91. The van der Waals surface area contributed by atoms with E-state index in [4.69, 9.17) is 4.74 Å². The molecule has 2 saturated heterocycles. The Bertz CT molecular complexity index is 739. The molecule has 25 heavy (non-hydrogen) atoms. The summed E-state index contributed by atoms with van der Waals surface area (Å²) >= 11 is 0. The molecule has 0 bridgehead atoms. The molecule has 0 unspecified atom stereocenters. The predicted octanol–water partition coefficient (Wildman–Crippen LogP) is -0.404. The van der Waals surface area contributed by atoms with Crippen LogP contribution in [0.25, 0.3) is 0 Å². The molecule has 0 saturated carbocycles. The highest BCUT2D eigenvalue weighted by atomic mass is 32.2. The molecule has 1 atom stereocenters. The van der Waals surface area contributed by atoms with E-state index in [0.717, 1.165) is 30.8 Å². The van der Waals surface area contributed by atoms with Gasteiger partial charge in [-0.15, -0.1) is 0 Å². The summed E-state index contributed by atoms with van der Waals surface area (Å²) in [4.78, 5) is 15.5. The first-order valence-corrected chi connectivity index (χ1v) is 10.7. The Morgan fingerprint density at radius 1 is 1.24 bits per heavy atom. The molecule has 7 heteroatoms. The topological polar surface area (TPSA) is 68.1 Å². The molecule has 1 aromatic rings. The van der Waals surface area contributed by atoms with Crippen molar-refractivity contribution < 1.29 is 22.8 Å². The van der Waals surface area contributed by atoms with Gasteiger partial charge in [0.25, 0.3) is 5.91 Å². The highest BCUT2D eigenvalue weighted by Gasteiger charge is 2.37. The van der Waals surface area contributed by atoms with Crippen LogP contribution in [0.2, 0.25) is 0 Å². The van der Waals surface area contributed by atoms with Gasteiger partial charge < -0.3 is 14.5 Å². The maximum absolute atomic E-state index is 12.4. The van der Waals surface area contributed by atoms with Crippen molar-refractivity contribution in [2.45, 2.75) is 26.3 Å². The van der Waals surface area contributed by atoms with E-state index >= 15 is 0 Å². The van der Waals surface area contributed by atoms with Crippen LogP contribution in [0.1, 0.15) is 17.5 Å². The zero-order valence-electron chi connectivity index (χ0n) is 15.0. The first-order valence-electron chi connectivity index (χ1n) is 8.87. The molecule has 0 spiro atoms. The van der Waals surface area contributed by atoms with Gasteiger partial charge in [0.15, 0.2) is 16.4 Å². The van der Waals surface area contributed by atoms with Crippen molar-refractivity contribution in [1.29, 1.82) is 0 Å². The molecule has 2 aliphatic rings. The maximum atomic E-state index is 12.4. The van der Waals surface area contributed by atoms with E-state index in [9.17, 15) is 13.2 Å². The SMILES string of the molecule is Cc1ccc(OCC(=O)N2CC[NH+]([C@H]3CCS(=O)(=O)C3)CC2)cc1C. The van der Waals surface area contributed by atoms with Gasteiger partial charge in [0.05, 0.1) is 31.9 Å². The molecule has 1 N–H and O–H groups in total. The van der Waals surface area contributed by atoms with Gasteiger partial charge in [-0.25, -0.2) is 8.42 Å². The Hall–Kier alpha value is -1.60. The fourth-order valence-corrected chi connectivity index (χ4v) is 5.43. The Labute approximate surface area is 149 Å². The van der Waals surface area contributed by atoms with Crippen molar-refractivity contribution in [1.82, 2.24) is 4.90 Å². The molecule has 2 heterocycles. The smallest absolute Gasteiger partial charge is 0.260 e. The number of nitrogens with zero attached hydrogens (tertiary/aromatic N) is 1. The van der Waals surface area contributed by atoms with Crippen molar-refractivity contribution in [3.05, 3.63) is 29.3 Å². The van der Waals surface area contributed by atoms with E-state index in [0.29, 0.717) is 24.6 Å². The van der Waals surface area contributed by atoms with Crippen LogP contribution in [-0.2, 0) is 14.6 Å². The molecule has 138 valence electrons. The number of quaternary nitrogens is 1. The molecule has 1 amide bonds. The van der Waals surface area contributed by atoms with E-state index in [1.807, 2.05) is 36.9 Å². The Kier molecular flexibility index (Phi) is 5.34. The lowest BCUT2D eigenvalue weighted by Gasteiger charge is -2.34. The van der Waals surface area contributed by atoms with Gasteiger partial charge in [0, 0.05) is 6.42 Å². The fourth-order valence-electron chi connectivity index (χ4n) is 3.61. The van der Waals surface area contributed by atoms with Gasteiger partial charge in [-0.2, -0.15) is 0 Å². The van der Waals surface area contributed by atoms with Crippen LogP contribution in [-0.4, -0.2) is 69.6 Å². The summed E-state index contributed by atoms with van der Waals surface area (Å²) in [6.45, 7) is 7.08. The van der Waals surface area contributed by atoms with E-state index in [-0.39, 0.29) is 18.6 Å². The highest BCUT2D eigenvalue weighted by Crippen LogP contribution is 2.16. The summed E-state index contributed by atoms with van der Waals surface area (Å²) in [6, 6.07) is 6.03. The third kappa shape index (κ3) is 4.52. The first-order chi connectivity index (χ1) is 11.8. The van der Waals surface area contributed by atoms with Crippen LogP contribution in [0.15, 0.2) is 18.2 Å². The van der Waals surface area contributed by atoms with Crippen molar-refractivity contribution in [3.63, 3.8) is 0 Å². The van der Waals surface area contributed by atoms with E-state index in [2.05, 4.69) is 0 Å². The number of piperazine rings is 1. The molecule has 3 rings (SSSR count). The zero-order valence-corrected chi connectivity index (χ0v) is 15.8. The van der Waals surface area contributed by atoms with Gasteiger partial charge in [-0.05, 0) is 37.1 Å². The molecular formula is C18H27N2O4S+. The summed E-state index contributed by atoms with van der Waals surface area (Å²) in [6.07, 6.45) is 0.751. The molecule has 2 aliphatic heterocycles. The number of sulfone groups is 1. The van der Waals surface area contributed by atoms with Gasteiger partial charge in [-0.3, -0.25) is 4.79 Å². The summed E-state index contributed by atoms with van der Waals surface area (Å²) in [5, 5.41) is 0. The number of nitrogens with one attached hydrogen (secondary N) is 1. The Balaban J connectivity index is 1.46. The molecule has 0 aliphatic carbocycles. The van der Waals surface area contributed by atoms with Crippen LogP contribution in [0.4, 0.5) is 0 Å². The van der Waals surface area contributed by atoms with Crippen LogP contribution >= 0.6 is 0 Å². The van der Waals surface area contributed by atoms with Crippen LogP contribution in [0.3, 0.4) is 0 Å². The van der Waals surface area contributed by atoms with Crippen LogP contribution in [0, 0.1) is 13.8 Å². The standard InChI is InChI=1S/C18H26N2O4S/c1-14-3-4-17(11-15(14)2)24-12-18(21)20-8-6-19(7-9-20)16-5-10-25(22,23)13-16/h3-4,11,16H,5-10,12-13H2,1-2H3/p+1/t16-/m0/s1. The van der Waals surface area contributed by atoms with Gasteiger partial charge in [0.2, 0.25) is 0 Å². The van der Waals surface area contributed by atoms with E-state index < -0.39 is 9.84 Å². The molecule has 2 fully saturated rings. The molecule has 0 aromatic heterocycles. The van der Waals surface area contributed by atoms with Gasteiger partial charge in [0.1, 0.15) is 17.5 Å². The largest absolute Gasteiger partial charge is 0.484 e. The van der Waals surface area contributed by atoms with Gasteiger partial charge >= 0.3 is 0 Å². The lowest BCUT2D eigenvalue weighted by molar-refractivity contribution is -0.925. The van der Waals surface area contributed by atoms with Gasteiger partial charge in [-0.1, -0.05) is 6.07 Å². The minimum absolute atomic E-state index is 0.00341. The number of ether oxygens (including phenoxy) is 1. The average Bonchev–Trinajstić information content (AvgIpc) is 2.96. The first kappa shape index (κ1) is 18.2. The number of carbonyl (C=O) groups is 1. The third-order valence-corrected chi connectivity index (χ3v) is 7.18. The minimum atomic E-state index is -2.84. The van der Waals surface area contributed by atoms with E-state index in [1.165, 1.54) is 10.5 Å². The number of carbonyl (C=O) groups excluding carboxylic acids is 1. The van der Waals surface area contributed by atoms with E-state index in [1.54, 1.807) is 0 Å². The lowest BCUT2D eigenvalue weighted by Crippen LogP contribution is -3.18. The predicted molar refractivity (Wildman–Crippen MR) is 95.7 cm³/mol. The second kappa shape index (κ2) is 7.33. The summed E-state index contributed by atoms with van der Waals surface area (Å²) in [5.74, 6) is 1.33. The second-order valence-electron chi connectivity index (χ2n) is 7.17. The van der Waals surface area contributed by atoms with Crippen molar-refractivity contribution in [2.24, 2.45) is 0 Å². The molecule has 1 aromatic carbocycles. The molecular weight excluding hydrogens is 340 g/mol. The summed E-state index contributed by atoms with van der Waals surface area (Å²) in [5.41, 5.74) is 2.35. The average molecular weight is 367 g/mol. The van der Waals surface area contributed by atoms with Crippen LogP contribution < -0.4 is 9.64 Å².